The number of hydrogen-bond acceptors (Lipinski definition) is 4. The molecule has 3 unspecified atom stereocenters. The molecule has 6 heteroatoms. The maximum atomic E-state index is 12.2. The largest absolute Gasteiger partial charge is 0.365 e. The second-order valence-electron chi connectivity index (χ2n) is 7.09. The molecule has 132 valence electrons. The molecule has 3 atom stereocenters. The first-order valence-corrected chi connectivity index (χ1v) is 8.66. The van der Waals surface area contributed by atoms with Crippen LogP contribution in [0.3, 0.4) is 0 Å². The maximum Gasteiger partial charge on any atom is 0.293 e. The van der Waals surface area contributed by atoms with Crippen LogP contribution in [0.5, 0.6) is 0 Å². The van der Waals surface area contributed by atoms with Gasteiger partial charge in [-0.2, -0.15) is 0 Å². The van der Waals surface area contributed by atoms with Crippen molar-refractivity contribution in [3.63, 3.8) is 0 Å². The number of rotatable bonds is 5. The van der Waals surface area contributed by atoms with Gasteiger partial charge < -0.3 is 10.2 Å². The fraction of sp³-hybridized carbons (Fsp3) is 0.611. The highest BCUT2D eigenvalue weighted by Gasteiger charge is 2.27. The van der Waals surface area contributed by atoms with Gasteiger partial charge in [-0.25, -0.2) is 0 Å². The first-order valence-electron chi connectivity index (χ1n) is 8.66. The zero-order valence-electron chi connectivity index (χ0n) is 14.9. The Labute approximate surface area is 143 Å². The van der Waals surface area contributed by atoms with Crippen molar-refractivity contribution in [2.75, 3.05) is 18.0 Å². The van der Waals surface area contributed by atoms with Crippen LogP contribution in [0.15, 0.2) is 18.2 Å². The second-order valence-corrected chi connectivity index (χ2v) is 7.09. The predicted octanol–water partition coefficient (Wildman–Crippen LogP) is 3.61. The molecule has 0 bridgehead atoms. The van der Waals surface area contributed by atoms with Gasteiger partial charge in [0.2, 0.25) is 0 Å². The quantitative estimate of drug-likeness (QED) is 0.660. The fourth-order valence-electron chi connectivity index (χ4n) is 3.35. The van der Waals surface area contributed by atoms with Crippen LogP contribution in [0, 0.1) is 22.0 Å². The fourth-order valence-corrected chi connectivity index (χ4v) is 3.35. The first kappa shape index (κ1) is 18.2. The summed E-state index contributed by atoms with van der Waals surface area (Å²) in [5.41, 5.74) is 0.954. The molecule has 0 saturated carbocycles. The molecule has 1 aliphatic heterocycles. The summed E-state index contributed by atoms with van der Waals surface area (Å²) in [6.45, 7) is 9.85. The molecule has 1 aliphatic rings. The summed E-state index contributed by atoms with van der Waals surface area (Å²) in [5, 5.41) is 14.4. The number of piperidine rings is 1. The Balaban J connectivity index is 2.30. The smallest absolute Gasteiger partial charge is 0.293 e. The van der Waals surface area contributed by atoms with Crippen LogP contribution in [0.4, 0.5) is 11.4 Å². The molecule has 1 N–H and O–H groups in total. The molecular weight excluding hydrogens is 306 g/mol. The number of nitro benzene ring substituents is 1. The van der Waals surface area contributed by atoms with Gasteiger partial charge in [0.05, 0.1) is 4.92 Å². The lowest BCUT2D eigenvalue weighted by atomic mass is 9.91. The molecule has 1 aromatic rings. The highest BCUT2D eigenvalue weighted by molar-refractivity contribution is 5.96. The van der Waals surface area contributed by atoms with E-state index >= 15 is 0 Å². The van der Waals surface area contributed by atoms with Gasteiger partial charge in [-0.1, -0.05) is 20.8 Å². The van der Waals surface area contributed by atoms with Crippen LogP contribution in [-0.4, -0.2) is 30.0 Å². The molecule has 0 aromatic heterocycles. The van der Waals surface area contributed by atoms with E-state index in [2.05, 4.69) is 24.1 Å². The van der Waals surface area contributed by atoms with Crippen molar-refractivity contribution in [2.24, 2.45) is 11.8 Å². The van der Waals surface area contributed by atoms with E-state index in [9.17, 15) is 14.9 Å². The number of anilines is 1. The van der Waals surface area contributed by atoms with E-state index in [-0.39, 0.29) is 22.6 Å². The van der Waals surface area contributed by atoms with Gasteiger partial charge in [-0.05, 0) is 43.7 Å². The van der Waals surface area contributed by atoms with E-state index in [1.165, 1.54) is 6.07 Å². The third-order valence-electron chi connectivity index (χ3n) is 4.63. The predicted molar refractivity (Wildman–Crippen MR) is 95.5 cm³/mol. The molecular formula is C18H27N3O3. The van der Waals surface area contributed by atoms with Crippen LogP contribution < -0.4 is 10.2 Å². The van der Waals surface area contributed by atoms with Gasteiger partial charge in [0, 0.05) is 30.8 Å². The maximum absolute atomic E-state index is 12.2. The van der Waals surface area contributed by atoms with Crippen molar-refractivity contribution in [3.8, 4) is 0 Å². The normalized spacial score (nSPS) is 22.1. The van der Waals surface area contributed by atoms with Crippen LogP contribution in [-0.2, 0) is 0 Å². The van der Waals surface area contributed by atoms with Crippen molar-refractivity contribution in [1.29, 1.82) is 0 Å². The first-order chi connectivity index (χ1) is 11.3. The summed E-state index contributed by atoms with van der Waals surface area (Å²) in [6, 6.07) is 4.84. The Hall–Kier alpha value is -2.11. The molecule has 0 spiro atoms. The topological polar surface area (TPSA) is 75.5 Å². The Morgan fingerprint density at radius 2 is 2.00 bits per heavy atom. The summed E-state index contributed by atoms with van der Waals surface area (Å²) in [4.78, 5) is 25.4. The molecule has 0 radical (unpaired) electrons. The van der Waals surface area contributed by atoms with Gasteiger partial charge in [0.1, 0.15) is 5.69 Å². The van der Waals surface area contributed by atoms with E-state index < -0.39 is 0 Å². The minimum Gasteiger partial charge on any atom is -0.365 e. The standard InChI is InChI=1S/C18H27N3O3/c1-5-14(4)19-18(22)15-6-7-16(17(9-15)21(23)24)20-10-12(2)8-13(3)11-20/h6-7,9,12-14H,5,8,10-11H2,1-4H3,(H,19,22). The number of carbonyl (C=O) groups excluding carboxylic acids is 1. The average Bonchev–Trinajstić information content (AvgIpc) is 2.53. The van der Waals surface area contributed by atoms with Crippen LogP contribution in [0.25, 0.3) is 0 Å². The zero-order valence-corrected chi connectivity index (χ0v) is 14.9. The van der Waals surface area contributed by atoms with Crippen LogP contribution in [0.1, 0.15) is 50.9 Å². The summed E-state index contributed by atoms with van der Waals surface area (Å²) in [5.74, 6) is 0.739. The number of nitro groups is 1. The highest BCUT2D eigenvalue weighted by Crippen LogP contribution is 2.33. The van der Waals surface area contributed by atoms with Crippen molar-refractivity contribution in [2.45, 2.75) is 46.6 Å². The Morgan fingerprint density at radius 1 is 1.38 bits per heavy atom. The number of amides is 1. The Bertz CT molecular complexity index is 608. The van der Waals surface area contributed by atoms with E-state index in [4.69, 9.17) is 0 Å². The van der Waals surface area contributed by atoms with Gasteiger partial charge in [0.25, 0.3) is 11.6 Å². The summed E-state index contributed by atoms with van der Waals surface area (Å²) in [7, 11) is 0. The summed E-state index contributed by atoms with van der Waals surface area (Å²) < 4.78 is 0. The monoisotopic (exact) mass is 333 g/mol. The number of nitrogens with zero attached hydrogens (tertiary/aromatic N) is 2. The van der Waals surface area contributed by atoms with Gasteiger partial charge in [-0.3, -0.25) is 14.9 Å². The molecule has 0 aliphatic carbocycles. The molecule has 1 aromatic carbocycles. The SMILES string of the molecule is CCC(C)NC(=O)c1ccc(N2CC(C)CC(C)C2)c([N+](=O)[O-])c1. The molecule has 24 heavy (non-hydrogen) atoms. The van der Waals surface area contributed by atoms with Crippen molar-refractivity contribution >= 4 is 17.3 Å². The lowest BCUT2D eigenvalue weighted by molar-refractivity contribution is -0.384. The van der Waals surface area contributed by atoms with Crippen molar-refractivity contribution < 1.29 is 9.72 Å². The number of carbonyl (C=O) groups is 1. The van der Waals surface area contributed by atoms with E-state index in [0.29, 0.717) is 23.1 Å². The minimum absolute atomic E-state index is 0.00750. The number of benzene rings is 1. The van der Waals surface area contributed by atoms with Gasteiger partial charge >= 0.3 is 0 Å². The third-order valence-corrected chi connectivity index (χ3v) is 4.63. The number of hydrogen-bond donors (Lipinski definition) is 1. The summed E-state index contributed by atoms with van der Waals surface area (Å²) in [6.07, 6.45) is 1.95. The van der Waals surface area contributed by atoms with Crippen LogP contribution >= 0.6 is 0 Å². The second kappa shape index (κ2) is 7.64. The van der Waals surface area contributed by atoms with Crippen LogP contribution in [0.2, 0.25) is 0 Å². The molecule has 1 heterocycles. The molecule has 1 amide bonds. The van der Waals surface area contributed by atoms with Gasteiger partial charge in [0.15, 0.2) is 0 Å². The van der Waals surface area contributed by atoms with Crippen molar-refractivity contribution in [1.82, 2.24) is 5.32 Å². The molecule has 6 nitrogen and oxygen atoms in total. The molecule has 1 saturated heterocycles. The Kier molecular flexibility index (Phi) is 5.80. The van der Waals surface area contributed by atoms with Gasteiger partial charge in [-0.15, -0.1) is 0 Å². The highest BCUT2D eigenvalue weighted by atomic mass is 16.6. The lowest BCUT2D eigenvalue weighted by Crippen LogP contribution is -2.39. The van der Waals surface area contributed by atoms with E-state index in [1.54, 1.807) is 12.1 Å². The van der Waals surface area contributed by atoms with Crippen molar-refractivity contribution in [3.05, 3.63) is 33.9 Å². The summed E-state index contributed by atoms with van der Waals surface area (Å²) >= 11 is 0. The Morgan fingerprint density at radius 3 is 2.54 bits per heavy atom. The zero-order chi connectivity index (χ0) is 17.9. The third kappa shape index (κ3) is 4.24. The molecule has 1 fully saturated rings. The number of nitrogens with one attached hydrogen (secondary N) is 1. The molecule has 2 rings (SSSR count). The average molecular weight is 333 g/mol. The minimum atomic E-state index is -0.390. The van der Waals surface area contributed by atoms with E-state index in [0.717, 1.165) is 25.9 Å². The lowest BCUT2D eigenvalue weighted by Gasteiger charge is -2.36. The van der Waals surface area contributed by atoms with E-state index in [1.807, 2.05) is 13.8 Å².